The number of carbonyl (C=O) groups is 1. The van der Waals surface area contributed by atoms with Crippen LogP contribution in [0, 0.1) is 5.82 Å². The van der Waals surface area contributed by atoms with Gasteiger partial charge in [-0.05, 0) is 43.4 Å². The molecule has 1 aliphatic rings. The third-order valence-electron chi connectivity index (χ3n) is 5.13. The van der Waals surface area contributed by atoms with Gasteiger partial charge in [-0.25, -0.2) is 12.8 Å². The summed E-state index contributed by atoms with van der Waals surface area (Å²) in [5.41, 5.74) is 2.65. The maximum atomic E-state index is 13.1. The van der Waals surface area contributed by atoms with E-state index in [9.17, 15) is 17.6 Å². The van der Waals surface area contributed by atoms with Gasteiger partial charge in [0.1, 0.15) is 5.82 Å². The van der Waals surface area contributed by atoms with Crippen LogP contribution in [0.3, 0.4) is 0 Å². The average Bonchev–Trinajstić information content (AvgIpc) is 3.01. The van der Waals surface area contributed by atoms with Crippen molar-refractivity contribution < 1.29 is 17.6 Å². The van der Waals surface area contributed by atoms with Crippen LogP contribution in [0.4, 0.5) is 4.39 Å². The van der Waals surface area contributed by atoms with E-state index in [1.165, 1.54) is 29.2 Å². The van der Waals surface area contributed by atoms with Crippen molar-refractivity contribution in [2.24, 2.45) is 0 Å². The zero-order chi connectivity index (χ0) is 20.5. The zero-order valence-electron chi connectivity index (χ0n) is 16.5. The molecule has 1 aromatic carbocycles. The summed E-state index contributed by atoms with van der Waals surface area (Å²) in [4.78, 5) is 14.0. The van der Waals surface area contributed by atoms with Gasteiger partial charge in [-0.1, -0.05) is 19.1 Å². The summed E-state index contributed by atoms with van der Waals surface area (Å²) < 4.78 is 40.9. The van der Waals surface area contributed by atoms with Crippen molar-refractivity contribution in [3.05, 3.63) is 52.6 Å². The molecule has 0 N–H and O–H groups in total. The fourth-order valence-electron chi connectivity index (χ4n) is 3.67. The fraction of sp³-hybridized carbons (Fsp3) is 0.500. The number of halogens is 1. The molecule has 28 heavy (non-hydrogen) atoms. The highest BCUT2D eigenvalue weighted by molar-refractivity contribution is 7.91. The normalized spacial score (nSPS) is 16.6. The van der Waals surface area contributed by atoms with Crippen LogP contribution in [-0.4, -0.2) is 48.4 Å². The van der Waals surface area contributed by atoms with Gasteiger partial charge in [0.15, 0.2) is 15.5 Å². The Bertz CT molecular complexity index is 965. The number of hydrogen-bond donors (Lipinski definition) is 0. The van der Waals surface area contributed by atoms with E-state index in [1.807, 2.05) is 11.6 Å². The molecule has 1 aliphatic carbocycles. The quantitative estimate of drug-likeness (QED) is 0.738. The van der Waals surface area contributed by atoms with Crippen LogP contribution in [0.25, 0.3) is 0 Å². The number of aryl methyl sites for hydroxylation is 1. The summed E-state index contributed by atoms with van der Waals surface area (Å²) in [5.74, 6) is -0.728. The lowest BCUT2D eigenvalue weighted by atomic mass is 9.94. The highest BCUT2D eigenvalue weighted by Crippen LogP contribution is 2.30. The van der Waals surface area contributed by atoms with Crippen LogP contribution < -0.4 is 0 Å². The second kappa shape index (κ2) is 8.03. The van der Waals surface area contributed by atoms with E-state index in [0.717, 1.165) is 17.7 Å². The van der Waals surface area contributed by atoms with Crippen LogP contribution in [0.1, 0.15) is 47.1 Å². The Balaban J connectivity index is 1.90. The number of hydrogen-bond acceptors (Lipinski definition) is 4. The Kier molecular flexibility index (Phi) is 5.88. The Morgan fingerprint density at radius 1 is 1.29 bits per heavy atom. The minimum absolute atomic E-state index is 0.132. The summed E-state index contributed by atoms with van der Waals surface area (Å²) >= 11 is 0. The molecule has 1 aromatic heterocycles. The smallest absolute Gasteiger partial charge is 0.274 e. The second-order valence-corrected chi connectivity index (χ2v) is 9.78. The highest BCUT2D eigenvalue weighted by atomic mass is 32.2. The molecule has 0 saturated carbocycles. The highest BCUT2D eigenvalue weighted by Gasteiger charge is 2.35. The topological polar surface area (TPSA) is 72.3 Å². The molecule has 152 valence electrons. The van der Waals surface area contributed by atoms with Crippen LogP contribution >= 0.6 is 0 Å². The summed E-state index contributed by atoms with van der Waals surface area (Å²) in [5, 5.41) is 3.93. The molecule has 0 fully saturated rings. The van der Waals surface area contributed by atoms with Crippen molar-refractivity contribution >= 4 is 15.7 Å². The minimum atomic E-state index is -3.44. The monoisotopic (exact) mass is 407 g/mol. The molecule has 2 aromatic rings. The zero-order valence-corrected chi connectivity index (χ0v) is 17.3. The molecular weight excluding hydrogens is 381 g/mol. The molecule has 1 unspecified atom stereocenters. The van der Waals surface area contributed by atoms with Crippen molar-refractivity contribution in [3.63, 3.8) is 0 Å². The molecule has 1 atom stereocenters. The van der Waals surface area contributed by atoms with E-state index in [1.54, 1.807) is 14.1 Å². The second-order valence-electron chi connectivity index (χ2n) is 7.50. The van der Waals surface area contributed by atoms with Crippen LogP contribution in [0.2, 0.25) is 0 Å². The number of aromatic nitrogens is 2. The number of nitrogens with zero attached hydrogens (tertiary/aromatic N) is 3. The van der Waals surface area contributed by atoms with Crippen molar-refractivity contribution in [3.8, 4) is 0 Å². The molecule has 1 amide bonds. The molecule has 0 spiro atoms. The van der Waals surface area contributed by atoms with Crippen LogP contribution in [0.5, 0.6) is 0 Å². The number of fused-ring (bicyclic) bond motifs is 1. The van der Waals surface area contributed by atoms with Gasteiger partial charge in [0, 0.05) is 31.9 Å². The molecule has 1 heterocycles. The first-order valence-corrected chi connectivity index (χ1v) is 11.2. The predicted octanol–water partition coefficient (Wildman–Crippen LogP) is 2.61. The summed E-state index contributed by atoms with van der Waals surface area (Å²) in [6.45, 7) is 2.75. The maximum absolute atomic E-state index is 13.1. The Hall–Kier alpha value is -2.22. The molecule has 0 radical (unpaired) electrons. The SMILES string of the molecule is CCCn1nc(C(=O)N(C)C)c2c1CCC(S(=O)(=O)Cc1ccc(F)cc1)C2. The largest absolute Gasteiger partial charge is 0.343 e. The van der Waals surface area contributed by atoms with E-state index in [4.69, 9.17) is 0 Å². The number of amides is 1. The lowest BCUT2D eigenvalue weighted by molar-refractivity contribution is 0.0820. The third-order valence-corrected chi connectivity index (χ3v) is 7.29. The van der Waals surface area contributed by atoms with Crippen molar-refractivity contribution in [1.29, 1.82) is 0 Å². The first kappa shape index (κ1) is 20.5. The third kappa shape index (κ3) is 4.11. The Labute approximate surface area is 165 Å². The number of rotatable bonds is 6. The summed E-state index contributed by atoms with van der Waals surface area (Å²) in [7, 11) is -0.110. The molecule has 0 saturated heterocycles. The van der Waals surface area contributed by atoms with Gasteiger partial charge in [0.25, 0.3) is 5.91 Å². The first-order valence-electron chi connectivity index (χ1n) is 9.49. The van der Waals surface area contributed by atoms with E-state index in [2.05, 4.69) is 5.10 Å². The first-order chi connectivity index (χ1) is 13.2. The van der Waals surface area contributed by atoms with Gasteiger partial charge in [-0.3, -0.25) is 9.48 Å². The Morgan fingerprint density at radius 3 is 2.57 bits per heavy atom. The van der Waals surface area contributed by atoms with Crippen molar-refractivity contribution in [1.82, 2.24) is 14.7 Å². The van der Waals surface area contributed by atoms with Crippen molar-refractivity contribution in [2.45, 2.75) is 50.2 Å². The van der Waals surface area contributed by atoms with E-state index in [-0.39, 0.29) is 18.1 Å². The lowest BCUT2D eigenvalue weighted by Gasteiger charge is -2.24. The molecule has 8 heteroatoms. The lowest BCUT2D eigenvalue weighted by Crippen LogP contribution is -2.31. The van der Waals surface area contributed by atoms with E-state index in [0.29, 0.717) is 30.6 Å². The van der Waals surface area contributed by atoms with Crippen molar-refractivity contribution in [2.75, 3.05) is 14.1 Å². The summed E-state index contributed by atoms with van der Waals surface area (Å²) in [6, 6.07) is 5.54. The van der Waals surface area contributed by atoms with Gasteiger partial charge in [0.05, 0.1) is 11.0 Å². The van der Waals surface area contributed by atoms with Gasteiger partial charge in [0.2, 0.25) is 0 Å². The number of benzene rings is 1. The summed E-state index contributed by atoms with van der Waals surface area (Å²) in [6.07, 6.45) is 2.26. The average molecular weight is 408 g/mol. The number of sulfone groups is 1. The molecule has 0 bridgehead atoms. The van der Waals surface area contributed by atoms with Crippen LogP contribution in [-0.2, 0) is 35.0 Å². The maximum Gasteiger partial charge on any atom is 0.274 e. The fourth-order valence-corrected chi connectivity index (χ4v) is 5.46. The van der Waals surface area contributed by atoms with Gasteiger partial charge in [-0.2, -0.15) is 5.10 Å². The number of carbonyl (C=O) groups excluding carboxylic acids is 1. The molecule has 0 aliphatic heterocycles. The Morgan fingerprint density at radius 2 is 1.96 bits per heavy atom. The predicted molar refractivity (Wildman–Crippen MR) is 105 cm³/mol. The standard InChI is InChI=1S/C20H26FN3O3S/c1-4-11-24-18-10-9-16(12-17(18)19(22-24)20(25)23(2)3)28(26,27)13-14-5-7-15(21)8-6-14/h5-8,16H,4,9-13H2,1-3H3. The molecular formula is C20H26FN3O3S. The van der Waals surface area contributed by atoms with Gasteiger partial charge < -0.3 is 4.90 Å². The van der Waals surface area contributed by atoms with Gasteiger partial charge >= 0.3 is 0 Å². The molecule has 3 rings (SSSR count). The van der Waals surface area contributed by atoms with E-state index < -0.39 is 20.9 Å². The molecule has 6 nitrogen and oxygen atoms in total. The van der Waals surface area contributed by atoms with Crippen LogP contribution in [0.15, 0.2) is 24.3 Å². The minimum Gasteiger partial charge on any atom is -0.343 e. The van der Waals surface area contributed by atoms with E-state index >= 15 is 0 Å². The van der Waals surface area contributed by atoms with Gasteiger partial charge in [-0.15, -0.1) is 0 Å².